The molecule has 0 aromatic rings. The summed E-state index contributed by atoms with van der Waals surface area (Å²) >= 11 is 0. The molecule has 1 atom stereocenters. The van der Waals surface area contributed by atoms with Crippen molar-refractivity contribution in [3.8, 4) is 0 Å². The number of ether oxygens (including phenoxy) is 2. The van der Waals surface area contributed by atoms with Crippen LogP contribution in [0.5, 0.6) is 0 Å². The Balaban J connectivity index is 3.38. The topological polar surface area (TPSA) is 93.8 Å². The third-order valence-electron chi connectivity index (χ3n) is 2.96. The highest BCUT2D eigenvalue weighted by Crippen LogP contribution is 2.00. The van der Waals surface area contributed by atoms with E-state index in [0.29, 0.717) is 25.6 Å². The highest BCUT2D eigenvalue weighted by atomic mass is 16.6. The van der Waals surface area contributed by atoms with Gasteiger partial charge in [-0.2, -0.15) is 0 Å². The zero-order valence-corrected chi connectivity index (χ0v) is 13.5. The molecule has 0 saturated carbocycles. The lowest BCUT2D eigenvalue weighted by Crippen LogP contribution is -2.30. The molecule has 0 aliphatic rings. The van der Waals surface area contributed by atoms with Crippen LogP contribution in [0.15, 0.2) is 0 Å². The molecule has 0 aromatic carbocycles. The van der Waals surface area contributed by atoms with E-state index in [2.05, 4.69) is 19.2 Å². The van der Waals surface area contributed by atoms with Gasteiger partial charge in [0.1, 0.15) is 12.7 Å². The lowest BCUT2D eigenvalue weighted by molar-refractivity contribution is -0.00224. The molecule has 1 amide bonds. The molecule has 0 radical (unpaired) electrons. The molecule has 6 heteroatoms. The molecule has 0 fully saturated rings. The van der Waals surface area contributed by atoms with Crippen molar-refractivity contribution < 1.29 is 19.4 Å². The number of nitrogens with two attached hydrogens (primary N) is 1. The van der Waals surface area contributed by atoms with Gasteiger partial charge in [0.25, 0.3) is 0 Å². The molecular formula is C15H32N2O4. The van der Waals surface area contributed by atoms with Gasteiger partial charge >= 0.3 is 6.09 Å². The number of rotatable bonds is 13. The number of carbonyl (C=O) groups excluding carboxylic acids is 1. The number of unbranched alkanes of at least 4 members (excludes halogenated alkanes) is 3. The Labute approximate surface area is 128 Å². The first-order valence-electron chi connectivity index (χ1n) is 7.92. The van der Waals surface area contributed by atoms with Gasteiger partial charge in [0, 0.05) is 13.2 Å². The summed E-state index contributed by atoms with van der Waals surface area (Å²) in [6.45, 7) is 6.30. The van der Waals surface area contributed by atoms with E-state index in [1.165, 1.54) is 0 Å². The van der Waals surface area contributed by atoms with Gasteiger partial charge in [0.05, 0.1) is 6.61 Å². The van der Waals surface area contributed by atoms with E-state index in [1.54, 1.807) is 0 Å². The van der Waals surface area contributed by atoms with E-state index in [0.717, 1.165) is 32.1 Å². The normalized spacial score (nSPS) is 12.4. The van der Waals surface area contributed by atoms with E-state index in [1.807, 2.05) is 0 Å². The Bertz CT molecular complexity index is 250. The maximum Gasteiger partial charge on any atom is 0.407 e. The van der Waals surface area contributed by atoms with Crippen LogP contribution in [0.4, 0.5) is 4.79 Å². The fourth-order valence-corrected chi connectivity index (χ4v) is 1.62. The van der Waals surface area contributed by atoms with Gasteiger partial charge in [-0.25, -0.2) is 4.79 Å². The van der Waals surface area contributed by atoms with Gasteiger partial charge < -0.3 is 25.6 Å². The predicted molar refractivity (Wildman–Crippen MR) is 83.2 cm³/mol. The van der Waals surface area contributed by atoms with Crippen molar-refractivity contribution in [3.63, 3.8) is 0 Å². The van der Waals surface area contributed by atoms with Crippen LogP contribution in [0, 0.1) is 5.92 Å². The van der Waals surface area contributed by atoms with Crippen LogP contribution in [0.1, 0.15) is 46.0 Å². The van der Waals surface area contributed by atoms with Crippen molar-refractivity contribution in [2.45, 2.75) is 52.1 Å². The number of hydrogen-bond acceptors (Lipinski definition) is 5. The Morgan fingerprint density at radius 3 is 2.57 bits per heavy atom. The molecule has 0 saturated heterocycles. The quantitative estimate of drug-likeness (QED) is 0.450. The first-order valence-corrected chi connectivity index (χ1v) is 7.92. The summed E-state index contributed by atoms with van der Waals surface area (Å²) in [7, 11) is 0. The molecule has 4 N–H and O–H groups in total. The second-order valence-electron chi connectivity index (χ2n) is 5.64. The standard InChI is InChI=1S/C15H32N2O4/c1-13(2)7-10-20-11-14(18)12-21-15(19)17-9-6-4-3-5-8-16/h13-14,18H,3-12,16H2,1-2H3,(H,17,19). The number of carbonyl (C=O) groups is 1. The fraction of sp³-hybridized carbons (Fsp3) is 0.933. The van der Waals surface area contributed by atoms with Crippen LogP contribution >= 0.6 is 0 Å². The molecule has 21 heavy (non-hydrogen) atoms. The molecule has 0 bridgehead atoms. The molecule has 0 rings (SSSR count). The summed E-state index contributed by atoms with van der Waals surface area (Å²) in [5.74, 6) is 0.578. The minimum Gasteiger partial charge on any atom is -0.447 e. The van der Waals surface area contributed by atoms with E-state index in [9.17, 15) is 9.90 Å². The number of aliphatic hydroxyl groups excluding tert-OH is 1. The summed E-state index contributed by atoms with van der Waals surface area (Å²) in [5, 5.41) is 12.2. The Morgan fingerprint density at radius 2 is 1.90 bits per heavy atom. The average molecular weight is 304 g/mol. The summed E-state index contributed by atoms with van der Waals surface area (Å²) in [6.07, 6.45) is 3.76. The molecule has 1 unspecified atom stereocenters. The van der Waals surface area contributed by atoms with E-state index in [4.69, 9.17) is 15.2 Å². The monoisotopic (exact) mass is 304 g/mol. The lowest BCUT2D eigenvalue weighted by Gasteiger charge is -2.13. The van der Waals surface area contributed by atoms with Crippen LogP contribution in [-0.2, 0) is 9.47 Å². The van der Waals surface area contributed by atoms with Crippen molar-refractivity contribution >= 4 is 6.09 Å². The minimum absolute atomic E-state index is 0.0410. The number of hydrogen-bond donors (Lipinski definition) is 3. The van der Waals surface area contributed by atoms with E-state index < -0.39 is 12.2 Å². The molecule has 126 valence electrons. The molecule has 0 aliphatic heterocycles. The number of nitrogens with one attached hydrogen (secondary N) is 1. The molecule has 6 nitrogen and oxygen atoms in total. The van der Waals surface area contributed by atoms with Gasteiger partial charge in [-0.1, -0.05) is 26.7 Å². The minimum atomic E-state index is -0.771. The van der Waals surface area contributed by atoms with Crippen LogP contribution < -0.4 is 11.1 Å². The molecular weight excluding hydrogens is 272 g/mol. The Morgan fingerprint density at radius 1 is 1.19 bits per heavy atom. The largest absolute Gasteiger partial charge is 0.447 e. The van der Waals surface area contributed by atoms with Crippen molar-refractivity contribution in [2.75, 3.05) is 32.9 Å². The highest BCUT2D eigenvalue weighted by molar-refractivity contribution is 5.67. The SMILES string of the molecule is CC(C)CCOCC(O)COC(=O)NCCCCCCN. The van der Waals surface area contributed by atoms with Crippen LogP contribution in [0.3, 0.4) is 0 Å². The molecule has 0 heterocycles. The first-order chi connectivity index (χ1) is 10.1. The van der Waals surface area contributed by atoms with Crippen LogP contribution in [0.2, 0.25) is 0 Å². The first kappa shape index (κ1) is 20.1. The van der Waals surface area contributed by atoms with Crippen molar-refractivity contribution in [1.29, 1.82) is 0 Å². The van der Waals surface area contributed by atoms with Gasteiger partial charge in [-0.3, -0.25) is 0 Å². The summed E-state index contributed by atoms with van der Waals surface area (Å²) in [6, 6.07) is 0. The Kier molecular flexibility index (Phi) is 13.5. The van der Waals surface area contributed by atoms with Crippen molar-refractivity contribution in [2.24, 2.45) is 11.7 Å². The second kappa shape index (κ2) is 14.1. The third-order valence-corrected chi connectivity index (χ3v) is 2.96. The maximum atomic E-state index is 11.4. The maximum absolute atomic E-state index is 11.4. The summed E-state index contributed by atoms with van der Waals surface area (Å²) < 4.78 is 10.2. The third kappa shape index (κ3) is 15.4. The number of alkyl carbamates (subject to hydrolysis) is 1. The van der Waals surface area contributed by atoms with Gasteiger partial charge in [-0.05, 0) is 31.7 Å². The van der Waals surface area contributed by atoms with Crippen molar-refractivity contribution in [1.82, 2.24) is 5.32 Å². The number of aliphatic hydroxyl groups is 1. The zero-order chi connectivity index (χ0) is 15.9. The van der Waals surface area contributed by atoms with Crippen LogP contribution in [-0.4, -0.2) is 50.2 Å². The van der Waals surface area contributed by atoms with Crippen molar-refractivity contribution in [3.05, 3.63) is 0 Å². The van der Waals surface area contributed by atoms with Gasteiger partial charge in [0.2, 0.25) is 0 Å². The van der Waals surface area contributed by atoms with E-state index >= 15 is 0 Å². The summed E-state index contributed by atoms with van der Waals surface area (Å²) in [4.78, 5) is 11.4. The summed E-state index contributed by atoms with van der Waals surface area (Å²) in [5.41, 5.74) is 5.39. The second-order valence-corrected chi connectivity index (χ2v) is 5.64. The predicted octanol–water partition coefficient (Wildman–Crippen LogP) is 1.66. The molecule has 0 aliphatic carbocycles. The van der Waals surface area contributed by atoms with E-state index in [-0.39, 0.29) is 13.2 Å². The number of amides is 1. The van der Waals surface area contributed by atoms with Gasteiger partial charge in [-0.15, -0.1) is 0 Å². The van der Waals surface area contributed by atoms with Crippen LogP contribution in [0.25, 0.3) is 0 Å². The highest BCUT2D eigenvalue weighted by Gasteiger charge is 2.08. The van der Waals surface area contributed by atoms with Gasteiger partial charge in [0.15, 0.2) is 0 Å². The Hall–Kier alpha value is -0.850. The molecule has 0 aromatic heterocycles. The molecule has 0 spiro atoms. The fourth-order valence-electron chi connectivity index (χ4n) is 1.62. The lowest BCUT2D eigenvalue weighted by atomic mass is 10.1. The zero-order valence-electron chi connectivity index (χ0n) is 13.5. The smallest absolute Gasteiger partial charge is 0.407 e. The average Bonchev–Trinajstić information content (AvgIpc) is 2.45.